The van der Waals surface area contributed by atoms with Crippen LogP contribution in [0, 0.1) is 11.8 Å². The molecule has 0 saturated heterocycles. The van der Waals surface area contributed by atoms with Crippen LogP contribution in [0.15, 0.2) is 58.5 Å². The summed E-state index contributed by atoms with van der Waals surface area (Å²) in [6, 6.07) is 0. The lowest BCUT2D eigenvalue weighted by molar-refractivity contribution is -0.120. The zero-order chi connectivity index (χ0) is 36.7. The molecule has 1 aliphatic carbocycles. The highest BCUT2D eigenvalue weighted by molar-refractivity contribution is 6.23. The Morgan fingerprint density at radius 3 is 2.25 bits per heavy atom. The Labute approximate surface area is 285 Å². The van der Waals surface area contributed by atoms with Crippen molar-refractivity contribution >= 4 is 23.6 Å². The number of amides is 2. The quantitative estimate of drug-likeness (QED) is 0.230. The minimum Gasteiger partial charge on any atom is -0.439 e. The van der Waals surface area contributed by atoms with Crippen LogP contribution in [0.5, 0.6) is 0 Å². The maximum absolute atomic E-state index is 13.7. The van der Waals surface area contributed by atoms with Gasteiger partial charge in [-0.25, -0.2) is 4.79 Å². The average Bonchev–Trinajstić information content (AvgIpc) is 2.99. The van der Waals surface area contributed by atoms with Crippen LogP contribution < -0.4 is 16.4 Å². The normalized spacial score (nSPS) is 26.3. The van der Waals surface area contributed by atoms with Crippen molar-refractivity contribution in [1.29, 1.82) is 0 Å². The number of hydrogen-bond acceptors (Lipinski definition) is 11. The van der Waals surface area contributed by atoms with Gasteiger partial charge in [0.25, 0.3) is 5.91 Å². The van der Waals surface area contributed by atoms with Crippen LogP contribution >= 0.6 is 0 Å². The fourth-order valence-corrected chi connectivity index (χ4v) is 5.18. The standard InChI is InChI=1S/C32H48N4O8.C3H9N/c1-18-14-22-27(34-12-13-36(5)6)24(37)17-23(29(22)39)35-31(40)19(2)10-9-11-25(42-7)30(44-32(33)41)21(4)16-20(3)28(38)26(15-18)43-8;1-4(2)3/h9-11,16-18,20,25-26,28,30,34,38H,12-15H2,1-8H3,(H2,33,41)(H,35,40);1-3H3. The third-order valence-electron chi connectivity index (χ3n) is 7.65. The van der Waals surface area contributed by atoms with Crippen molar-refractivity contribution in [1.82, 2.24) is 20.4 Å². The number of fused-ring (bicyclic) bond motifs is 2. The van der Waals surface area contributed by atoms with Crippen LogP contribution in [0.3, 0.4) is 0 Å². The van der Waals surface area contributed by atoms with E-state index < -0.39 is 53.9 Å². The molecule has 6 atom stereocenters. The molecule has 1 heterocycles. The maximum Gasteiger partial charge on any atom is 0.405 e. The molecule has 6 unspecified atom stereocenters. The number of Topliss-reactive ketones (excluding diaryl/α,β-unsaturated/α-hetero) is 1. The van der Waals surface area contributed by atoms with Crippen molar-refractivity contribution in [3.63, 3.8) is 0 Å². The largest absolute Gasteiger partial charge is 0.439 e. The Bertz CT molecular complexity index is 1280. The zero-order valence-electron chi connectivity index (χ0n) is 30.5. The highest BCUT2D eigenvalue weighted by Gasteiger charge is 2.33. The predicted molar refractivity (Wildman–Crippen MR) is 186 cm³/mol. The molecule has 0 fully saturated rings. The number of primary amides is 1. The van der Waals surface area contributed by atoms with Gasteiger partial charge in [0, 0.05) is 50.4 Å². The minimum atomic E-state index is -0.997. The lowest BCUT2D eigenvalue weighted by Gasteiger charge is -2.30. The molecule has 13 heteroatoms. The molecule has 48 heavy (non-hydrogen) atoms. The van der Waals surface area contributed by atoms with Gasteiger partial charge in [-0.2, -0.15) is 0 Å². The van der Waals surface area contributed by atoms with Crippen molar-refractivity contribution in [2.75, 3.05) is 62.5 Å². The van der Waals surface area contributed by atoms with Gasteiger partial charge >= 0.3 is 6.09 Å². The highest BCUT2D eigenvalue weighted by Crippen LogP contribution is 2.28. The first-order chi connectivity index (χ1) is 22.4. The van der Waals surface area contributed by atoms with E-state index in [0.717, 1.165) is 6.08 Å². The van der Waals surface area contributed by atoms with Crippen molar-refractivity contribution in [3.05, 3.63) is 58.5 Å². The molecule has 0 aromatic heterocycles. The van der Waals surface area contributed by atoms with Crippen molar-refractivity contribution < 1.29 is 38.5 Å². The van der Waals surface area contributed by atoms with E-state index in [4.69, 9.17) is 19.9 Å². The Kier molecular flexibility index (Phi) is 18.3. The molecule has 0 aromatic carbocycles. The number of ether oxygens (including phenoxy) is 3. The zero-order valence-corrected chi connectivity index (χ0v) is 30.5. The van der Waals surface area contributed by atoms with Gasteiger partial charge in [-0.3, -0.25) is 14.4 Å². The van der Waals surface area contributed by atoms with E-state index in [-0.39, 0.29) is 34.9 Å². The molecule has 0 spiro atoms. The first-order valence-electron chi connectivity index (χ1n) is 16.0. The van der Waals surface area contributed by atoms with Crippen molar-refractivity contribution in [3.8, 4) is 0 Å². The van der Waals surface area contributed by atoms with E-state index in [1.807, 2.05) is 58.9 Å². The fraction of sp³-hybridized carbons (Fsp3) is 0.600. The number of carbonyl (C=O) groups is 4. The van der Waals surface area contributed by atoms with E-state index >= 15 is 0 Å². The lowest BCUT2D eigenvalue weighted by Crippen LogP contribution is -2.38. The number of allylic oxidation sites excluding steroid dienone is 4. The summed E-state index contributed by atoms with van der Waals surface area (Å²) in [6.45, 7) is 8.09. The van der Waals surface area contributed by atoms with Gasteiger partial charge < -0.3 is 45.5 Å². The second-order valence-corrected chi connectivity index (χ2v) is 13.0. The van der Waals surface area contributed by atoms with Gasteiger partial charge in [-0.15, -0.1) is 0 Å². The van der Waals surface area contributed by atoms with Gasteiger partial charge in [0.05, 0.1) is 23.6 Å². The number of rotatable bonds is 7. The van der Waals surface area contributed by atoms with Crippen LogP contribution in [0.1, 0.15) is 40.5 Å². The number of methoxy groups -OCH3 is 2. The molecule has 2 aliphatic rings. The third kappa shape index (κ3) is 13.9. The number of nitrogens with zero attached hydrogens (tertiary/aromatic N) is 2. The Hall–Kier alpha value is -3.62. The number of hydrogen-bond donors (Lipinski definition) is 4. The first-order valence-corrected chi connectivity index (χ1v) is 16.0. The Morgan fingerprint density at radius 2 is 1.71 bits per heavy atom. The van der Waals surface area contributed by atoms with Gasteiger partial charge in [0.15, 0.2) is 6.10 Å². The minimum absolute atomic E-state index is 0.114. The summed E-state index contributed by atoms with van der Waals surface area (Å²) in [5.41, 5.74) is 6.55. The molecule has 2 rings (SSSR count). The average molecular weight is 676 g/mol. The van der Waals surface area contributed by atoms with Gasteiger partial charge in [0.2, 0.25) is 11.6 Å². The van der Waals surface area contributed by atoms with Crippen LogP contribution in [-0.2, 0) is 28.6 Å². The molecule has 0 aromatic rings. The number of aliphatic hydroxyl groups is 1. The van der Waals surface area contributed by atoms with Gasteiger partial charge in [-0.05, 0) is 73.4 Å². The number of aliphatic hydroxyl groups excluding tert-OH is 1. The number of nitrogens with one attached hydrogen (secondary N) is 2. The van der Waals surface area contributed by atoms with E-state index in [0.29, 0.717) is 25.1 Å². The first kappa shape index (κ1) is 42.4. The molecule has 13 nitrogen and oxygen atoms in total. The molecule has 5 N–H and O–H groups in total. The third-order valence-corrected chi connectivity index (χ3v) is 7.65. The maximum atomic E-state index is 13.7. The smallest absolute Gasteiger partial charge is 0.405 e. The van der Waals surface area contributed by atoms with Crippen LogP contribution in [-0.4, -0.2) is 125 Å². The fourth-order valence-electron chi connectivity index (χ4n) is 5.18. The van der Waals surface area contributed by atoms with E-state index in [2.05, 4.69) is 10.6 Å². The second kappa shape index (κ2) is 20.7. The Balaban J connectivity index is 0.00000272. The van der Waals surface area contributed by atoms with Crippen LogP contribution in [0.4, 0.5) is 4.79 Å². The SMILES string of the molecule is CN(C)C.COC1C=CC=C(C)C(=O)NC2=CC(=O)C(NCCN(C)C)=C(CC(C)CC(OC)C(O)C(C)C=C(C)C1OC(N)=O)C2=O. The predicted octanol–water partition coefficient (Wildman–Crippen LogP) is 2.09. The molecule has 0 saturated carbocycles. The summed E-state index contributed by atoms with van der Waals surface area (Å²) in [7, 11) is 12.7. The topological polar surface area (TPSA) is 173 Å². The van der Waals surface area contributed by atoms with E-state index in [9.17, 15) is 24.3 Å². The summed E-state index contributed by atoms with van der Waals surface area (Å²) in [5, 5.41) is 17.0. The van der Waals surface area contributed by atoms with Gasteiger partial charge in [-0.1, -0.05) is 38.2 Å². The van der Waals surface area contributed by atoms with Crippen LogP contribution in [0.25, 0.3) is 0 Å². The molecule has 270 valence electrons. The molecule has 1 aliphatic heterocycles. The second-order valence-electron chi connectivity index (χ2n) is 13.0. The molecule has 2 amide bonds. The monoisotopic (exact) mass is 675 g/mol. The highest BCUT2D eigenvalue weighted by atomic mass is 16.6. The molecule has 0 radical (unpaired) electrons. The summed E-state index contributed by atoms with van der Waals surface area (Å²) in [6.07, 6.45) is 3.88. The lowest BCUT2D eigenvalue weighted by atomic mass is 9.85. The summed E-state index contributed by atoms with van der Waals surface area (Å²) >= 11 is 0. The molecular formula is C35H57N5O8. The number of likely N-dealkylation sites (N-methyl/N-ethyl adjacent to an activating group) is 1. The number of carbonyl (C=O) groups excluding carboxylic acids is 4. The number of nitrogens with two attached hydrogens (primary N) is 1. The summed E-state index contributed by atoms with van der Waals surface area (Å²) in [5.74, 6) is -2.06. The van der Waals surface area contributed by atoms with Crippen molar-refractivity contribution in [2.45, 2.75) is 65.0 Å². The molecular weight excluding hydrogens is 618 g/mol. The van der Waals surface area contributed by atoms with Crippen molar-refractivity contribution in [2.24, 2.45) is 17.6 Å². The molecule has 2 bridgehead atoms. The number of ketones is 2. The van der Waals surface area contributed by atoms with E-state index in [1.165, 1.54) is 20.3 Å². The van der Waals surface area contributed by atoms with Gasteiger partial charge in [0.1, 0.15) is 6.10 Å². The van der Waals surface area contributed by atoms with E-state index in [1.54, 1.807) is 32.1 Å². The summed E-state index contributed by atoms with van der Waals surface area (Å²) in [4.78, 5) is 55.7. The summed E-state index contributed by atoms with van der Waals surface area (Å²) < 4.78 is 16.6. The van der Waals surface area contributed by atoms with Crippen LogP contribution in [0.2, 0.25) is 0 Å². The Morgan fingerprint density at radius 1 is 1.08 bits per heavy atom.